The molecule has 0 bridgehead atoms. The number of carbonyl (C=O) groups excluding carboxylic acids is 1. The van der Waals surface area contributed by atoms with Gasteiger partial charge in [-0.2, -0.15) is 0 Å². The molecule has 4 heteroatoms. The summed E-state index contributed by atoms with van der Waals surface area (Å²) in [5.74, 6) is 5.72. The van der Waals surface area contributed by atoms with Gasteiger partial charge in [-0.15, -0.1) is 0 Å². The summed E-state index contributed by atoms with van der Waals surface area (Å²) in [5, 5.41) is 9.07. The van der Waals surface area contributed by atoms with Crippen LogP contribution in [0, 0.1) is 18.8 Å². The third-order valence-corrected chi connectivity index (χ3v) is 3.04. The number of aliphatic hydroxyl groups excluding tert-OH is 1. The predicted octanol–water partition coefficient (Wildman–Crippen LogP) is 1.15. The molecule has 1 amide bonds. The van der Waals surface area contributed by atoms with E-state index in [9.17, 15) is 4.79 Å². The molecule has 0 aliphatic carbocycles. The fraction of sp³-hybridized carbons (Fsp3) is 0.438. The van der Waals surface area contributed by atoms with Crippen LogP contribution >= 0.6 is 0 Å². The SMILES string of the molecule is CCCN(CCO)C(=O)c1cccc(C#CCN)c1C. The van der Waals surface area contributed by atoms with Crippen LogP contribution < -0.4 is 5.73 Å². The Morgan fingerprint density at radius 3 is 2.75 bits per heavy atom. The first-order valence-electron chi connectivity index (χ1n) is 6.84. The fourth-order valence-electron chi connectivity index (χ4n) is 2.02. The van der Waals surface area contributed by atoms with Gasteiger partial charge >= 0.3 is 0 Å². The third kappa shape index (κ3) is 4.09. The molecule has 0 fully saturated rings. The van der Waals surface area contributed by atoms with Crippen LogP contribution in [-0.2, 0) is 0 Å². The van der Waals surface area contributed by atoms with Gasteiger partial charge in [-0.25, -0.2) is 0 Å². The van der Waals surface area contributed by atoms with Crippen LogP contribution in [0.15, 0.2) is 18.2 Å². The Morgan fingerprint density at radius 2 is 2.15 bits per heavy atom. The lowest BCUT2D eigenvalue weighted by molar-refractivity contribution is 0.0721. The van der Waals surface area contributed by atoms with Gasteiger partial charge in [0.2, 0.25) is 0 Å². The molecule has 0 aliphatic rings. The van der Waals surface area contributed by atoms with E-state index in [1.165, 1.54) is 0 Å². The fourth-order valence-corrected chi connectivity index (χ4v) is 2.02. The first kappa shape index (κ1) is 16.2. The number of carbonyl (C=O) groups is 1. The van der Waals surface area contributed by atoms with Gasteiger partial charge in [0.15, 0.2) is 0 Å². The normalized spacial score (nSPS) is 9.80. The van der Waals surface area contributed by atoms with Crippen LogP contribution in [0.3, 0.4) is 0 Å². The Balaban J connectivity index is 3.08. The van der Waals surface area contributed by atoms with Crippen molar-refractivity contribution in [1.29, 1.82) is 0 Å². The average Bonchev–Trinajstić information content (AvgIpc) is 2.45. The van der Waals surface area contributed by atoms with Crippen molar-refractivity contribution >= 4 is 5.91 Å². The molecule has 0 spiro atoms. The van der Waals surface area contributed by atoms with Crippen LogP contribution in [0.1, 0.15) is 34.8 Å². The maximum atomic E-state index is 12.5. The summed E-state index contributed by atoms with van der Waals surface area (Å²) in [5.41, 5.74) is 7.69. The van der Waals surface area contributed by atoms with E-state index in [2.05, 4.69) is 11.8 Å². The van der Waals surface area contributed by atoms with E-state index < -0.39 is 0 Å². The number of hydrogen-bond acceptors (Lipinski definition) is 3. The molecule has 0 aliphatic heterocycles. The minimum Gasteiger partial charge on any atom is -0.395 e. The van der Waals surface area contributed by atoms with Gasteiger partial charge in [0.05, 0.1) is 13.2 Å². The molecule has 1 rings (SSSR count). The first-order chi connectivity index (χ1) is 9.65. The van der Waals surface area contributed by atoms with Gasteiger partial charge < -0.3 is 15.7 Å². The highest BCUT2D eigenvalue weighted by atomic mass is 16.3. The van der Waals surface area contributed by atoms with Crippen molar-refractivity contribution in [2.75, 3.05) is 26.2 Å². The van der Waals surface area contributed by atoms with Gasteiger partial charge in [-0.1, -0.05) is 24.8 Å². The van der Waals surface area contributed by atoms with Crippen LogP contribution in [-0.4, -0.2) is 42.2 Å². The number of amides is 1. The van der Waals surface area contributed by atoms with Crippen molar-refractivity contribution in [3.8, 4) is 11.8 Å². The van der Waals surface area contributed by atoms with Gasteiger partial charge in [0.1, 0.15) is 0 Å². The number of hydrogen-bond donors (Lipinski definition) is 2. The van der Waals surface area contributed by atoms with E-state index >= 15 is 0 Å². The summed E-state index contributed by atoms with van der Waals surface area (Å²) in [6.45, 7) is 5.15. The maximum Gasteiger partial charge on any atom is 0.254 e. The smallest absolute Gasteiger partial charge is 0.254 e. The van der Waals surface area contributed by atoms with Crippen molar-refractivity contribution in [2.24, 2.45) is 5.73 Å². The molecule has 0 heterocycles. The number of aliphatic hydroxyl groups is 1. The molecule has 108 valence electrons. The molecule has 0 atom stereocenters. The average molecular weight is 274 g/mol. The lowest BCUT2D eigenvalue weighted by Gasteiger charge is -2.22. The second-order valence-electron chi connectivity index (χ2n) is 4.50. The van der Waals surface area contributed by atoms with Gasteiger partial charge in [0, 0.05) is 24.2 Å². The number of nitrogens with two attached hydrogens (primary N) is 1. The Hall–Kier alpha value is -1.83. The Bertz CT molecular complexity index is 509. The van der Waals surface area contributed by atoms with Crippen molar-refractivity contribution in [3.63, 3.8) is 0 Å². The van der Waals surface area contributed by atoms with Crippen molar-refractivity contribution < 1.29 is 9.90 Å². The topological polar surface area (TPSA) is 66.6 Å². The van der Waals surface area contributed by atoms with E-state index in [-0.39, 0.29) is 12.5 Å². The number of benzene rings is 1. The predicted molar refractivity (Wildman–Crippen MR) is 80.4 cm³/mol. The van der Waals surface area contributed by atoms with Crippen LogP contribution in [0.4, 0.5) is 0 Å². The van der Waals surface area contributed by atoms with Crippen molar-refractivity contribution in [1.82, 2.24) is 4.90 Å². The molecule has 0 aromatic heterocycles. The largest absolute Gasteiger partial charge is 0.395 e. The highest BCUT2D eigenvalue weighted by molar-refractivity contribution is 5.96. The maximum absolute atomic E-state index is 12.5. The van der Waals surface area contributed by atoms with Crippen LogP contribution in [0.5, 0.6) is 0 Å². The molecule has 1 aromatic rings. The highest BCUT2D eigenvalue weighted by Gasteiger charge is 2.17. The Labute approximate surface area is 120 Å². The number of rotatable bonds is 5. The van der Waals surface area contributed by atoms with Crippen LogP contribution in [0.25, 0.3) is 0 Å². The molecule has 0 saturated carbocycles. The summed E-state index contributed by atoms with van der Waals surface area (Å²) in [4.78, 5) is 14.2. The zero-order valence-corrected chi connectivity index (χ0v) is 12.1. The van der Waals surface area contributed by atoms with Gasteiger partial charge in [-0.3, -0.25) is 4.79 Å². The van der Waals surface area contributed by atoms with E-state index in [0.29, 0.717) is 25.2 Å². The molecule has 3 N–H and O–H groups in total. The van der Waals surface area contributed by atoms with Gasteiger partial charge in [-0.05, 0) is 31.0 Å². The molecule has 0 radical (unpaired) electrons. The molecular formula is C16H22N2O2. The quantitative estimate of drug-likeness (QED) is 0.792. The number of nitrogens with zero attached hydrogens (tertiary/aromatic N) is 1. The lowest BCUT2D eigenvalue weighted by atomic mass is 10.0. The summed E-state index contributed by atoms with van der Waals surface area (Å²) < 4.78 is 0. The minimum absolute atomic E-state index is 0.0303. The highest BCUT2D eigenvalue weighted by Crippen LogP contribution is 2.15. The molecule has 1 aromatic carbocycles. The van der Waals surface area contributed by atoms with E-state index in [1.807, 2.05) is 26.0 Å². The third-order valence-electron chi connectivity index (χ3n) is 3.04. The van der Waals surface area contributed by atoms with Gasteiger partial charge in [0.25, 0.3) is 5.91 Å². The molecule has 0 saturated heterocycles. The monoisotopic (exact) mass is 274 g/mol. The van der Waals surface area contributed by atoms with E-state index in [4.69, 9.17) is 10.8 Å². The van der Waals surface area contributed by atoms with E-state index in [1.54, 1.807) is 11.0 Å². The minimum atomic E-state index is -0.0604. The summed E-state index contributed by atoms with van der Waals surface area (Å²) in [6.07, 6.45) is 0.859. The summed E-state index contributed by atoms with van der Waals surface area (Å²) >= 11 is 0. The Kier molecular flexibility index (Phi) is 6.78. The standard InChI is InChI=1S/C16H22N2O2/c1-3-10-18(11-12-19)16(20)15-8-4-6-14(13(15)2)7-5-9-17/h4,6,8,19H,3,9-12,17H2,1-2H3. The van der Waals surface area contributed by atoms with E-state index in [0.717, 1.165) is 17.5 Å². The Morgan fingerprint density at radius 1 is 1.40 bits per heavy atom. The second kappa shape index (κ2) is 8.36. The molecule has 4 nitrogen and oxygen atoms in total. The second-order valence-corrected chi connectivity index (χ2v) is 4.50. The van der Waals surface area contributed by atoms with Crippen molar-refractivity contribution in [2.45, 2.75) is 20.3 Å². The first-order valence-corrected chi connectivity index (χ1v) is 6.84. The van der Waals surface area contributed by atoms with Crippen LogP contribution in [0.2, 0.25) is 0 Å². The molecule has 20 heavy (non-hydrogen) atoms. The summed E-state index contributed by atoms with van der Waals surface area (Å²) in [7, 11) is 0. The zero-order chi connectivity index (χ0) is 15.0. The molecule has 0 unspecified atom stereocenters. The summed E-state index contributed by atoms with van der Waals surface area (Å²) in [6, 6.07) is 5.50. The lowest BCUT2D eigenvalue weighted by Crippen LogP contribution is -2.34. The molecular weight excluding hydrogens is 252 g/mol. The zero-order valence-electron chi connectivity index (χ0n) is 12.1. The van der Waals surface area contributed by atoms with Crippen molar-refractivity contribution in [3.05, 3.63) is 34.9 Å².